The summed E-state index contributed by atoms with van der Waals surface area (Å²) in [6, 6.07) is 19.8. The average molecular weight is 601 g/mol. The summed E-state index contributed by atoms with van der Waals surface area (Å²) < 4.78 is 29.6. The lowest BCUT2D eigenvalue weighted by Crippen LogP contribution is -2.52. The number of anilines is 1. The normalized spacial score (nSPS) is 12.2. The second-order valence-corrected chi connectivity index (χ2v) is 12.4. The first-order valence-electron chi connectivity index (χ1n) is 12.4. The lowest BCUT2D eigenvalue weighted by atomic mass is 10.1. The van der Waals surface area contributed by atoms with E-state index in [2.05, 4.69) is 21.2 Å². The summed E-state index contributed by atoms with van der Waals surface area (Å²) in [5.74, 6) is -0.805. The van der Waals surface area contributed by atoms with Crippen molar-refractivity contribution in [2.75, 3.05) is 10.8 Å². The second kappa shape index (κ2) is 12.6. The third-order valence-electron chi connectivity index (χ3n) is 6.23. The summed E-state index contributed by atoms with van der Waals surface area (Å²) in [4.78, 5) is 28.4. The van der Waals surface area contributed by atoms with Gasteiger partial charge >= 0.3 is 0 Å². The number of benzene rings is 3. The summed E-state index contributed by atoms with van der Waals surface area (Å²) in [5, 5.41) is 2.86. The van der Waals surface area contributed by atoms with Crippen molar-refractivity contribution >= 4 is 43.5 Å². The number of amides is 2. The van der Waals surface area contributed by atoms with Crippen molar-refractivity contribution in [2.24, 2.45) is 0 Å². The second-order valence-electron chi connectivity index (χ2n) is 9.58. The van der Waals surface area contributed by atoms with Gasteiger partial charge in [0.1, 0.15) is 12.6 Å². The highest BCUT2D eigenvalue weighted by Gasteiger charge is 2.32. The topological polar surface area (TPSA) is 86.8 Å². The van der Waals surface area contributed by atoms with E-state index in [1.807, 2.05) is 58.0 Å². The van der Waals surface area contributed by atoms with Crippen LogP contribution in [0.2, 0.25) is 0 Å². The van der Waals surface area contributed by atoms with E-state index >= 15 is 0 Å². The molecule has 0 aliphatic heterocycles. The molecule has 0 aromatic heterocycles. The summed E-state index contributed by atoms with van der Waals surface area (Å²) in [6.07, 6.45) is 0. The van der Waals surface area contributed by atoms with Gasteiger partial charge < -0.3 is 10.2 Å². The average Bonchev–Trinajstić information content (AvgIpc) is 2.87. The number of hydrogen-bond acceptors (Lipinski definition) is 4. The molecule has 0 saturated heterocycles. The third kappa shape index (κ3) is 7.23. The zero-order chi connectivity index (χ0) is 28.0. The van der Waals surface area contributed by atoms with Crippen molar-refractivity contribution in [1.82, 2.24) is 10.2 Å². The van der Waals surface area contributed by atoms with Crippen LogP contribution in [0.5, 0.6) is 0 Å². The van der Waals surface area contributed by atoms with Gasteiger partial charge in [-0.05, 0) is 87.7 Å². The van der Waals surface area contributed by atoms with Crippen LogP contribution in [0.15, 0.2) is 82.2 Å². The van der Waals surface area contributed by atoms with Gasteiger partial charge in [-0.2, -0.15) is 0 Å². The lowest BCUT2D eigenvalue weighted by Gasteiger charge is -2.32. The first-order chi connectivity index (χ1) is 17.9. The number of carbonyl (C=O) groups is 2. The van der Waals surface area contributed by atoms with E-state index in [1.165, 1.54) is 17.0 Å². The molecule has 2 amide bonds. The van der Waals surface area contributed by atoms with Gasteiger partial charge in [0.15, 0.2) is 0 Å². The van der Waals surface area contributed by atoms with Gasteiger partial charge in [-0.15, -0.1) is 0 Å². The zero-order valence-corrected chi connectivity index (χ0v) is 24.7. The Labute approximate surface area is 234 Å². The molecule has 7 nitrogen and oxygen atoms in total. The van der Waals surface area contributed by atoms with Crippen molar-refractivity contribution in [2.45, 2.75) is 58.1 Å². The standard InChI is InChI=1S/C29H34BrN3O4S/c1-20(2)31-29(35)23(5)32(18-24-10-9-11-25(30)17-24)28(34)19-33(26-15-14-21(3)22(4)16-26)38(36,37)27-12-7-6-8-13-27/h6-17,20,23H,18-19H2,1-5H3,(H,31,35). The smallest absolute Gasteiger partial charge is 0.264 e. The van der Waals surface area contributed by atoms with Crippen molar-refractivity contribution in [3.8, 4) is 0 Å². The molecule has 202 valence electrons. The zero-order valence-electron chi connectivity index (χ0n) is 22.3. The first-order valence-corrected chi connectivity index (χ1v) is 14.6. The molecule has 0 radical (unpaired) electrons. The van der Waals surface area contributed by atoms with E-state index in [-0.39, 0.29) is 23.4 Å². The number of sulfonamides is 1. The highest BCUT2D eigenvalue weighted by molar-refractivity contribution is 9.10. The largest absolute Gasteiger partial charge is 0.352 e. The molecule has 38 heavy (non-hydrogen) atoms. The molecule has 0 fully saturated rings. The molecule has 1 unspecified atom stereocenters. The van der Waals surface area contributed by atoms with Gasteiger partial charge in [-0.1, -0.05) is 52.3 Å². The fourth-order valence-electron chi connectivity index (χ4n) is 3.95. The highest BCUT2D eigenvalue weighted by Crippen LogP contribution is 2.26. The van der Waals surface area contributed by atoms with E-state index in [0.717, 1.165) is 25.5 Å². The van der Waals surface area contributed by atoms with Crippen LogP contribution in [-0.2, 0) is 26.2 Å². The number of nitrogens with one attached hydrogen (secondary N) is 1. The van der Waals surface area contributed by atoms with E-state index in [1.54, 1.807) is 37.3 Å². The number of rotatable bonds is 10. The maximum atomic E-state index is 13.9. The molecule has 1 N–H and O–H groups in total. The van der Waals surface area contributed by atoms with Gasteiger partial charge in [-0.25, -0.2) is 8.42 Å². The fraction of sp³-hybridized carbons (Fsp3) is 0.310. The number of aryl methyl sites for hydroxylation is 2. The SMILES string of the molecule is Cc1ccc(N(CC(=O)N(Cc2cccc(Br)c2)C(C)C(=O)NC(C)C)S(=O)(=O)c2ccccc2)cc1C. The Morgan fingerprint density at radius 2 is 1.58 bits per heavy atom. The van der Waals surface area contributed by atoms with Crippen molar-refractivity contribution < 1.29 is 18.0 Å². The Kier molecular flexibility index (Phi) is 9.73. The summed E-state index contributed by atoms with van der Waals surface area (Å²) in [6.45, 7) is 8.85. The summed E-state index contributed by atoms with van der Waals surface area (Å²) >= 11 is 3.45. The molecule has 0 bridgehead atoms. The fourth-order valence-corrected chi connectivity index (χ4v) is 5.82. The van der Waals surface area contributed by atoms with Gasteiger partial charge in [0, 0.05) is 17.1 Å². The van der Waals surface area contributed by atoms with Gasteiger partial charge in [0.2, 0.25) is 11.8 Å². The molecular formula is C29H34BrN3O4S. The molecule has 0 spiro atoms. The van der Waals surface area contributed by atoms with Gasteiger partial charge in [0.05, 0.1) is 10.6 Å². The minimum Gasteiger partial charge on any atom is -0.352 e. The van der Waals surface area contributed by atoms with Crippen LogP contribution in [0.4, 0.5) is 5.69 Å². The number of nitrogens with zero attached hydrogens (tertiary/aromatic N) is 2. The molecule has 9 heteroatoms. The Balaban J connectivity index is 2.05. The molecule has 3 rings (SSSR count). The Morgan fingerprint density at radius 1 is 0.895 bits per heavy atom. The van der Waals surface area contributed by atoms with Crippen LogP contribution in [0.3, 0.4) is 0 Å². The molecule has 1 atom stereocenters. The van der Waals surface area contributed by atoms with Crippen LogP contribution < -0.4 is 9.62 Å². The molecule has 0 saturated carbocycles. The molecule has 0 aliphatic rings. The molecule has 3 aromatic rings. The third-order valence-corrected chi connectivity index (χ3v) is 8.51. The van der Waals surface area contributed by atoms with Gasteiger partial charge in [-0.3, -0.25) is 13.9 Å². The van der Waals surface area contributed by atoms with Crippen LogP contribution in [-0.4, -0.2) is 43.8 Å². The molecular weight excluding hydrogens is 566 g/mol. The Hall–Kier alpha value is -3.17. The van der Waals surface area contributed by atoms with Gasteiger partial charge in [0.25, 0.3) is 10.0 Å². The molecule has 0 heterocycles. The number of hydrogen-bond donors (Lipinski definition) is 1. The quantitative estimate of drug-likeness (QED) is 0.347. The Morgan fingerprint density at radius 3 is 2.18 bits per heavy atom. The lowest BCUT2D eigenvalue weighted by molar-refractivity contribution is -0.139. The van der Waals surface area contributed by atoms with Crippen LogP contribution in [0.1, 0.15) is 37.5 Å². The van der Waals surface area contributed by atoms with Crippen LogP contribution >= 0.6 is 15.9 Å². The van der Waals surface area contributed by atoms with Crippen molar-refractivity contribution in [1.29, 1.82) is 0 Å². The van der Waals surface area contributed by atoms with Crippen LogP contribution in [0, 0.1) is 13.8 Å². The predicted octanol–water partition coefficient (Wildman–Crippen LogP) is 5.20. The molecule has 0 aliphatic carbocycles. The van der Waals surface area contributed by atoms with E-state index in [0.29, 0.717) is 5.69 Å². The van der Waals surface area contributed by atoms with Crippen molar-refractivity contribution in [3.63, 3.8) is 0 Å². The van der Waals surface area contributed by atoms with Crippen LogP contribution in [0.25, 0.3) is 0 Å². The Bertz CT molecular complexity index is 1390. The maximum absolute atomic E-state index is 13.9. The number of carbonyl (C=O) groups excluding carboxylic acids is 2. The van der Waals surface area contributed by atoms with E-state index in [4.69, 9.17) is 0 Å². The minimum absolute atomic E-state index is 0.0789. The number of halogens is 1. The maximum Gasteiger partial charge on any atom is 0.264 e. The van der Waals surface area contributed by atoms with Crippen molar-refractivity contribution in [3.05, 3.63) is 94.0 Å². The molecule has 3 aromatic carbocycles. The predicted molar refractivity (Wildman–Crippen MR) is 154 cm³/mol. The minimum atomic E-state index is -4.08. The highest BCUT2D eigenvalue weighted by atomic mass is 79.9. The monoisotopic (exact) mass is 599 g/mol. The van der Waals surface area contributed by atoms with E-state index in [9.17, 15) is 18.0 Å². The van der Waals surface area contributed by atoms with E-state index < -0.39 is 28.5 Å². The summed E-state index contributed by atoms with van der Waals surface area (Å²) in [5.41, 5.74) is 3.10. The summed E-state index contributed by atoms with van der Waals surface area (Å²) in [7, 11) is -4.08. The first kappa shape index (κ1) is 29.4.